The quantitative estimate of drug-likeness (QED) is 0.149. The van der Waals surface area contributed by atoms with Crippen molar-refractivity contribution in [1.82, 2.24) is 28.2 Å². The number of nitrogens with zero attached hydrogens (tertiary/aromatic N) is 9. The Hall–Kier alpha value is -11.8. The molecule has 0 unspecified atom stereocenters. The minimum Gasteiger partial charge on any atom is -0.319 e. The van der Waals surface area contributed by atoms with Gasteiger partial charge in [0.05, 0.1) is 79.0 Å². The van der Waals surface area contributed by atoms with Gasteiger partial charge in [-0.15, -0.1) is 0 Å². The standard InChI is InChI=1S/C73H41N9/c1-76-60-38-47(34-36-66(60)82-65-32-18-14-28-54(65)58-40-68-56(42-70(58)82)52-26-12-16-30-63(52)80(68)50-23-9-4-10-24-50)72-59(44-75)71(77-73(78-72)45-19-5-2-6-20-45)46-33-35-61(48(37-46)43-74)81-64-31-17-13-27-53(64)57-39-67-55(41-69(57)81)51-25-11-15-29-62(51)79(67)49-21-7-3-8-22-49/h2-42H. The number of hydrogen-bond donors (Lipinski definition) is 0. The van der Waals surface area contributed by atoms with Gasteiger partial charge < -0.3 is 18.3 Å². The summed E-state index contributed by atoms with van der Waals surface area (Å²) in [5, 5.41) is 31.2. The van der Waals surface area contributed by atoms with Crippen LogP contribution < -0.4 is 0 Å². The summed E-state index contributed by atoms with van der Waals surface area (Å²) < 4.78 is 9.02. The first-order chi connectivity index (χ1) is 40.6. The first kappa shape index (κ1) is 46.3. The monoisotopic (exact) mass is 1040 g/mol. The summed E-state index contributed by atoms with van der Waals surface area (Å²) in [7, 11) is 0. The van der Waals surface area contributed by atoms with Crippen LogP contribution in [0.1, 0.15) is 11.1 Å². The molecule has 0 saturated heterocycles. The van der Waals surface area contributed by atoms with Crippen LogP contribution in [0.25, 0.3) is 149 Å². The van der Waals surface area contributed by atoms with Crippen LogP contribution in [0.3, 0.4) is 0 Å². The Labute approximate surface area is 469 Å². The molecule has 0 atom stereocenters. The van der Waals surface area contributed by atoms with Gasteiger partial charge in [-0.1, -0.05) is 152 Å². The molecule has 16 aromatic rings. The van der Waals surface area contributed by atoms with Crippen LogP contribution in [0.2, 0.25) is 0 Å². The second kappa shape index (κ2) is 18.1. The van der Waals surface area contributed by atoms with E-state index in [2.05, 4.69) is 193 Å². The molecule has 11 aromatic carbocycles. The molecule has 0 aliphatic carbocycles. The summed E-state index contributed by atoms with van der Waals surface area (Å²) >= 11 is 0. The number of aromatic nitrogens is 6. The minimum absolute atomic E-state index is 0.225. The molecule has 0 aliphatic rings. The highest BCUT2D eigenvalue weighted by molar-refractivity contribution is 6.21. The highest BCUT2D eigenvalue weighted by atomic mass is 15.0. The summed E-state index contributed by atoms with van der Waals surface area (Å²) in [5.41, 5.74) is 15.5. The van der Waals surface area contributed by atoms with Crippen LogP contribution in [0.15, 0.2) is 249 Å². The second-order valence-corrected chi connectivity index (χ2v) is 20.6. The molecule has 0 amide bonds. The highest BCUT2D eigenvalue weighted by Gasteiger charge is 2.25. The largest absolute Gasteiger partial charge is 0.319 e. The molecular formula is C73H41N9. The van der Waals surface area contributed by atoms with E-state index in [0.29, 0.717) is 51.0 Å². The van der Waals surface area contributed by atoms with Crippen molar-refractivity contribution in [3.8, 4) is 68.8 Å². The van der Waals surface area contributed by atoms with Crippen molar-refractivity contribution >= 4 is 92.9 Å². The molecule has 5 heterocycles. The summed E-state index contributed by atoms with van der Waals surface area (Å²) in [6, 6.07) is 89.9. The van der Waals surface area contributed by atoms with E-state index in [9.17, 15) is 10.5 Å². The van der Waals surface area contributed by atoms with E-state index in [4.69, 9.17) is 16.5 Å². The number of fused-ring (bicyclic) bond motifs is 12. The maximum Gasteiger partial charge on any atom is 0.211 e. The van der Waals surface area contributed by atoms with Crippen molar-refractivity contribution in [2.45, 2.75) is 0 Å². The normalized spacial score (nSPS) is 11.6. The van der Waals surface area contributed by atoms with E-state index in [1.807, 2.05) is 91.0 Å². The van der Waals surface area contributed by atoms with Crippen LogP contribution in [-0.2, 0) is 0 Å². The zero-order valence-corrected chi connectivity index (χ0v) is 43.7. The smallest absolute Gasteiger partial charge is 0.211 e. The lowest BCUT2D eigenvalue weighted by Crippen LogP contribution is -2.03. The predicted molar refractivity (Wildman–Crippen MR) is 331 cm³/mol. The van der Waals surface area contributed by atoms with Gasteiger partial charge >= 0.3 is 0 Å². The van der Waals surface area contributed by atoms with E-state index < -0.39 is 0 Å². The maximum atomic E-state index is 11.3. The van der Waals surface area contributed by atoms with Gasteiger partial charge in [-0.05, 0) is 103 Å². The van der Waals surface area contributed by atoms with Gasteiger partial charge in [-0.3, -0.25) is 0 Å². The molecular weight excluding hydrogens is 1000 g/mol. The van der Waals surface area contributed by atoms with Gasteiger partial charge in [0.25, 0.3) is 0 Å². The molecule has 5 aromatic heterocycles. The third kappa shape index (κ3) is 6.83. The Bertz CT molecular complexity index is 5170. The molecule has 0 bridgehead atoms. The lowest BCUT2D eigenvalue weighted by Gasteiger charge is -2.16. The van der Waals surface area contributed by atoms with E-state index >= 15 is 0 Å². The fraction of sp³-hybridized carbons (Fsp3) is 0. The van der Waals surface area contributed by atoms with Crippen molar-refractivity contribution in [2.24, 2.45) is 0 Å². The maximum absolute atomic E-state index is 11.3. The fourth-order valence-electron chi connectivity index (χ4n) is 12.7. The highest BCUT2D eigenvalue weighted by Crippen LogP contribution is 2.45. The van der Waals surface area contributed by atoms with Gasteiger partial charge in [0.1, 0.15) is 17.7 Å². The SMILES string of the molecule is [C-]#[N+]c1cc(-c2nc(-c3ccccc3)nc(-c3ccc(-n4c5ccccc5c5cc6c(cc54)c4ccccc4n6-c4ccccc4)c(C#N)c3)c2C#N)ccc1-n1c2ccccc2c2cc3c(cc21)c1ccccc1n3-c1ccccc1. The van der Waals surface area contributed by atoms with E-state index in [1.54, 1.807) is 0 Å². The third-order valence-corrected chi connectivity index (χ3v) is 16.3. The second-order valence-electron chi connectivity index (χ2n) is 20.6. The molecule has 0 radical (unpaired) electrons. The topological polar surface area (TPSA) is 97.4 Å². The Kier molecular flexibility index (Phi) is 10.2. The van der Waals surface area contributed by atoms with E-state index in [0.717, 1.165) is 104 Å². The van der Waals surface area contributed by atoms with Crippen LogP contribution in [-0.4, -0.2) is 28.2 Å². The van der Waals surface area contributed by atoms with Crippen molar-refractivity contribution < 1.29 is 0 Å². The average Bonchev–Trinajstić information content (AvgIpc) is 3.22. The Morgan fingerprint density at radius 3 is 1.15 bits per heavy atom. The zero-order valence-electron chi connectivity index (χ0n) is 43.7. The van der Waals surface area contributed by atoms with Gasteiger partial charge in [-0.2, -0.15) is 10.5 Å². The molecule has 0 N–H and O–H groups in total. The van der Waals surface area contributed by atoms with Crippen LogP contribution in [0, 0.1) is 29.2 Å². The van der Waals surface area contributed by atoms with E-state index in [-0.39, 0.29) is 5.56 Å². The molecule has 378 valence electrons. The average molecular weight is 1040 g/mol. The van der Waals surface area contributed by atoms with Crippen LogP contribution in [0.4, 0.5) is 5.69 Å². The lowest BCUT2D eigenvalue weighted by atomic mass is 9.98. The molecule has 0 saturated carbocycles. The zero-order chi connectivity index (χ0) is 54.6. The number of rotatable bonds is 7. The molecule has 0 spiro atoms. The third-order valence-electron chi connectivity index (χ3n) is 16.3. The van der Waals surface area contributed by atoms with Crippen LogP contribution in [0.5, 0.6) is 0 Å². The minimum atomic E-state index is 0.225. The first-order valence-electron chi connectivity index (χ1n) is 27.0. The van der Waals surface area contributed by atoms with Crippen molar-refractivity contribution in [1.29, 1.82) is 10.5 Å². The lowest BCUT2D eigenvalue weighted by molar-refractivity contribution is 1.15. The van der Waals surface area contributed by atoms with Gasteiger partial charge in [0.2, 0.25) is 5.69 Å². The Balaban J connectivity index is 0.870. The predicted octanol–water partition coefficient (Wildman–Crippen LogP) is 18.2. The molecule has 9 heteroatoms. The van der Waals surface area contributed by atoms with Crippen molar-refractivity contribution in [3.63, 3.8) is 0 Å². The van der Waals surface area contributed by atoms with Crippen molar-refractivity contribution in [2.75, 3.05) is 0 Å². The Morgan fingerprint density at radius 1 is 0.329 bits per heavy atom. The van der Waals surface area contributed by atoms with E-state index in [1.165, 1.54) is 0 Å². The molecule has 0 aliphatic heterocycles. The summed E-state index contributed by atoms with van der Waals surface area (Å²) in [4.78, 5) is 14.5. The summed E-state index contributed by atoms with van der Waals surface area (Å²) in [5.74, 6) is 0.405. The first-order valence-corrected chi connectivity index (χ1v) is 27.0. The summed E-state index contributed by atoms with van der Waals surface area (Å²) in [6.45, 7) is 8.77. The number of para-hydroxylation sites is 6. The molecule has 9 nitrogen and oxygen atoms in total. The van der Waals surface area contributed by atoms with Crippen LogP contribution >= 0.6 is 0 Å². The van der Waals surface area contributed by atoms with Gasteiger partial charge in [0, 0.05) is 65.6 Å². The van der Waals surface area contributed by atoms with Crippen molar-refractivity contribution in [3.05, 3.63) is 271 Å². The van der Waals surface area contributed by atoms with Gasteiger partial charge in [-0.25, -0.2) is 14.8 Å². The summed E-state index contributed by atoms with van der Waals surface area (Å²) in [6.07, 6.45) is 0. The molecule has 16 rings (SSSR count). The molecule has 0 fully saturated rings. The van der Waals surface area contributed by atoms with Gasteiger partial charge in [0.15, 0.2) is 5.82 Å². The Morgan fingerprint density at radius 2 is 0.707 bits per heavy atom. The number of nitriles is 2. The molecule has 82 heavy (non-hydrogen) atoms. The fourth-order valence-corrected chi connectivity index (χ4v) is 12.7. The number of benzene rings is 11. The number of hydrogen-bond acceptors (Lipinski definition) is 4.